The quantitative estimate of drug-likeness (QED) is 0.0638. The van der Waals surface area contributed by atoms with Crippen molar-refractivity contribution in [1.29, 1.82) is 0 Å². The number of nitrogens with two attached hydrogens (primary N) is 3. The number of hydrogen-bond donors (Lipinski definition) is 9. The Morgan fingerprint density at radius 3 is 1.95 bits per heavy atom. The number of phenols is 1. The van der Waals surface area contributed by atoms with Crippen LogP contribution in [-0.2, 0) is 25.6 Å². The van der Waals surface area contributed by atoms with Crippen molar-refractivity contribution in [2.75, 3.05) is 6.54 Å². The molecule has 14 heteroatoms. The number of aliphatic imine (C=N–C) groups is 1. The number of carbonyl (C=O) groups excluding carboxylic acids is 3. The minimum absolute atomic E-state index is 0.00432. The van der Waals surface area contributed by atoms with E-state index < -0.39 is 54.0 Å². The van der Waals surface area contributed by atoms with E-state index >= 15 is 0 Å². The van der Waals surface area contributed by atoms with E-state index in [4.69, 9.17) is 17.2 Å². The Bertz CT molecular complexity index is 995. The Morgan fingerprint density at radius 2 is 1.44 bits per heavy atom. The largest absolute Gasteiger partial charge is 0.508 e. The summed E-state index contributed by atoms with van der Waals surface area (Å²) in [4.78, 5) is 54.6. The van der Waals surface area contributed by atoms with E-state index in [2.05, 4.69) is 20.9 Å². The second-order valence-corrected chi connectivity index (χ2v) is 9.74. The van der Waals surface area contributed by atoms with Crippen molar-refractivity contribution in [2.24, 2.45) is 28.1 Å². The van der Waals surface area contributed by atoms with Crippen LogP contribution in [0.4, 0.5) is 0 Å². The Hall–Kier alpha value is -3.91. The molecule has 0 bridgehead atoms. The first-order valence-corrected chi connectivity index (χ1v) is 12.6. The van der Waals surface area contributed by atoms with Gasteiger partial charge in [0.05, 0.1) is 6.10 Å². The van der Waals surface area contributed by atoms with Gasteiger partial charge < -0.3 is 48.5 Å². The second-order valence-electron chi connectivity index (χ2n) is 9.74. The number of nitrogens with zero attached hydrogens (tertiary/aromatic N) is 1. The number of carboxylic acid groups (broad SMARTS) is 1. The summed E-state index contributed by atoms with van der Waals surface area (Å²) in [6.07, 6.45) is -0.698. The minimum Gasteiger partial charge on any atom is -0.508 e. The maximum absolute atomic E-state index is 13.3. The van der Waals surface area contributed by atoms with E-state index in [1.165, 1.54) is 19.1 Å². The number of hydrogen-bond acceptors (Lipinski definition) is 8. The summed E-state index contributed by atoms with van der Waals surface area (Å²) in [6.45, 7) is 5.11. The van der Waals surface area contributed by atoms with Gasteiger partial charge in [-0.3, -0.25) is 19.4 Å². The van der Waals surface area contributed by atoms with Crippen LogP contribution < -0.4 is 33.2 Å². The zero-order chi connectivity index (χ0) is 29.7. The van der Waals surface area contributed by atoms with Gasteiger partial charge in [0.25, 0.3) is 0 Å². The zero-order valence-corrected chi connectivity index (χ0v) is 22.5. The first-order chi connectivity index (χ1) is 18.2. The lowest BCUT2D eigenvalue weighted by Gasteiger charge is -2.26. The fraction of sp³-hybridized carbons (Fsp3) is 0.560. The Morgan fingerprint density at radius 1 is 0.897 bits per heavy atom. The van der Waals surface area contributed by atoms with Crippen LogP contribution >= 0.6 is 0 Å². The second kappa shape index (κ2) is 16.1. The highest BCUT2D eigenvalue weighted by molar-refractivity contribution is 5.94. The first-order valence-electron chi connectivity index (χ1n) is 12.6. The average Bonchev–Trinajstić information content (AvgIpc) is 2.84. The molecule has 0 fully saturated rings. The molecule has 1 aromatic rings. The summed E-state index contributed by atoms with van der Waals surface area (Å²) in [5, 5.41) is 36.3. The van der Waals surface area contributed by atoms with Crippen molar-refractivity contribution in [3.8, 4) is 5.75 Å². The molecule has 0 radical (unpaired) electrons. The third kappa shape index (κ3) is 12.5. The standard InChI is InChI=1S/C25H41N7O7/c1-13(2)11-19(24(38)39)32-22(36)18(12-15-6-8-16(34)9-7-15)31-21(35)17(5-4-10-29-25(27)28)30-23(37)20(26)14(3)33/h6-9,13-14,17-20,33-34H,4-5,10-12,26H2,1-3H3,(H,30,37)(H,31,35)(H,32,36)(H,38,39)(H4,27,28,29). The summed E-state index contributed by atoms with van der Waals surface area (Å²) in [5.74, 6) is -3.64. The molecule has 0 saturated carbocycles. The summed E-state index contributed by atoms with van der Waals surface area (Å²) in [7, 11) is 0. The number of rotatable bonds is 16. The van der Waals surface area contributed by atoms with Crippen LogP contribution in [0.15, 0.2) is 29.3 Å². The Balaban J connectivity index is 3.20. The van der Waals surface area contributed by atoms with Crippen molar-refractivity contribution in [3.05, 3.63) is 29.8 Å². The molecule has 0 aliphatic heterocycles. The van der Waals surface area contributed by atoms with Gasteiger partial charge in [0, 0.05) is 13.0 Å². The lowest BCUT2D eigenvalue weighted by atomic mass is 10.0. The number of phenolic OH excluding ortho intramolecular Hbond substituents is 1. The summed E-state index contributed by atoms with van der Waals surface area (Å²) in [5.41, 5.74) is 16.9. The molecular weight excluding hydrogens is 510 g/mol. The molecule has 1 aromatic carbocycles. The number of carbonyl (C=O) groups is 4. The molecule has 0 aromatic heterocycles. The number of aliphatic hydroxyl groups is 1. The monoisotopic (exact) mass is 551 g/mol. The van der Waals surface area contributed by atoms with Gasteiger partial charge in [-0.05, 0) is 49.8 Å². The van der Waals surface area contributed by atoms with Gasteiger partial charge in [-0.15, -0.1) is 0 Å². The van der Waals surface area contributed by atoms with E-state index in [1.54, 1.807) is 12.1 Å². The molecule has 0 heterocycles. The number of amides is 3. The minimum atomic E-state index is -1.30. The van der Waals surface area contributed by atoms with E-state index in [0.717, 1.165) is 0 Å². The highest BCUT2D eigenvalue weighted by Crippen LogP contribution is 2.13. The summed E-state index contributed by atoms with van der Waals surface area (Å²) in [6, 6.07) is 1.06. The van der Waals surface area contributed by atoms with E-state index in [-0.39, 0.29) is 49.9 Å². The fourth-order valence-electron chi connectivity index (χ4n) is 3.57. The Kier molecular flexibility index (Phi) is 13.7. The molecular formula is C25H41N7O7. The number of aliphatic carboxylic acids is 1. The summed E-state index contributed by atoms with van der Waals surface area (Å²) >= 11 is 0. The SMILES string of the molecule is CC(C)CC(NC(=O)C(Cc1ccc(O)cc1)NC(=O)C(CCCN=C(N)N)NC(=O)C(N)C(C)O)C(=O)O. The smallest absolute Gasteiger partial charge is 0.326 e. The van der Waals surface area contributed by atoms with Crippen LogP contribution in [0.3, 0.4) is 0 Å². The van der Waals surface area contributed by atoms with Gasteiger partial charge in [-0.25, -0.2) is 4.79 Å². The summed E-state index contributed by atoms with van der Waals surface area (Å²) < 4.78 is 0. The molecule has 0 aliphatic carbocycles. The molecule has 3 amide bonds. The van der Waals surface area contributed by atoms with Gasteiger partial charge in [0.2, 0.25) is 17.7 Å². The molecule has 0 saturated heterocycles. The van der Waals surface area contributed by atoms with Crippen LogP contribution in [0, 0.1) is 5.92 Å². The normalized spacial score (nSPS) is 14.8. The predicted molar refractivity (Wildman–Crippen MR) is 144 cm³/mol. The van der Waals surface area contributed by atoms with Crippen molar-refractivity contribution >= 4 is 29.7 Å². The number of aliphatic hydroxyl groups excluding tert-OH is 1. The molecule has 14 nitrogen and oxygen atoms in total. The van der Waals surface area contributed by atoms with Crippen LogP contribution in [0.1, 0.15) is 45.6 Å². The van der Waals surface area contributed by atoms with Crippen molar-refractivity contribution in [1.82, 2.24) is 16.0 Å². The van der Waals surface area contributed by atoms with Gasteiger partial charge in [0.1, 0.15) is 29.9 Å². The van der Waals surface area contributed by atoms with Crippen LogP contribution in [0.25, 0.3) is 0 Å². The van der Waals surface area contributed by atoms with Crippen LogP contribution in [-0.4, -0.2) is 81.8 Å². The molecule has 1 rings (SSSR count). The lowest BCUT2D eigenvalue weighted by Crippen LogP contribution is -2.58. The molecule has 218 valence electrons. The number of benzene rings is 1. The van der Waals surface area contributed by atoms with Gasteiger partial charge in [0.15, 0.2) is 5.96 Å². The molecule has 0 spiro atoms. The lowest BCUT2D eigenvalue weighted by molar-refractivity contribution is -0.142. The molecule has 12 N–H and O–H groups in total. The first kappa shape index (κ1) is 33.1. The van der Waals surface area contributed by atoms with Gasteiger partial charge >= 0.3 is 5.97 Å². The van der Waals surface area contributed by atoms with Crippen LogP contribution in [0.5, 0.6) is 5.75 Å². The third-order valence-corrected chi connectivity index (χ3v) is 5.73. The maximum atomic E-state index is 13.3. The molecule has 5 atom stereocenters. The maximum Gasteiger partial charge on any atom is 0.326 e. The number of carboxylic acids is 1. The fourth-order valence-corrected chi connectivity index (χ4v) is 3.57. The third-order valence-electron chi connectivity index (χ3n) is 5.73. The Labute approximate surface area is 227 Å². The number of guanidine groups is 1. The van der Waals surface area contributed by atoms with Crippen molar-refractivity contribution in [2.45, 2.75) is 76.7 Å². The van der Waals surface area contributed by atoms with E-state index in [9.17, 15) is 34.5 Å². The van der Waals surface area contributed by atoms with E-state index in [0.29, 0.717) is 5.56 Å². The van der Waals surface area contributed by atoms with Gasteiger partial charge in [-0.2, -0.15) is 0 Å². The zero-order valence-electron chi connectivity index (χ0n) is 22.5. The van der Waals surface area contributed by atoms with Gasteiger partial charge in [-0.1, -0.05) is 26.0 Å². The predicted octanol–water partition coefficient (Wildman–Crippen LogP) is -1.72. The molecule has 0 aliphatic rings. The van der Waals surface area contributed by atoms with Crippen LogP contribution in [0.2, 0.25) is 0 Å². The van der Waals surface area contributed by atoms with Crippen molar-refractivity contribution in [3.63, 3.8) is 0 Å². The molecule has 5 unspecified atom stereocenters. The average molecular weight is 552 g/mol. The highest BCUT2D eigenvalue weighted by atomic mass is 16.4. The number of aromatic hydroxyl groups is 1. The number of nitrogens with one attached hydrogen (secondary N) is 3. The van der Waals surface area contributed by atoms with Crippen molar-refractivity contribution < 1.29 is 34.5 Å². The molecule has 39 heavy (non-hydrogen) atoms. The van der Waals surface area contributed by atoms with E-state index in [1.807, 2.05) is 13.8 Å². The highest BCUT2D eigenvalue weighted by Gasteiger charge is 2.31. The topological polar surface area (TPSA) is 255 Å².